The van der Waals surface area contributed by atoms with Gasteiger partial charge in [-0.05, 0) is 24.0 Å². The van der Waals surface area contributed by atoms with Crippen LogP contribution in [0.25, 0.3) is 0 Å². The van der Waals surface area contributed by atoms with Crippen LogP contribution in [0.5, 0.6) is 0 Å². The van der Waals surface area contributed by atoms with Crippen molar-refractivity contribution in [1.82, 2.24) is 0 Å². The number of carboxylic acids is 1. The molecule has 0 saturated heterocycles. The van der Waals surface area contributed by atoms with Gasteiger partial charge < -0.3 is 15.3 Å². The van der Waals surface area contributed by atoms with E-state index in [0.717, 1.165) is 17.3 Å². The van der Waals surface area contributed by atoms with Gasteiger partial charge in [0.15, 0.2) is 5.12 Å². The lowest BCUT2D eigenvalue weighted by molar-refractivity contribution is -0.137. The van der Waals surface area contributed by atoms with Crippen LogP contribution in [0.3, 0.4) is 0 Å². The van der Waals surface area contributed by atoms with Crippen molar-refractivity contribution < 1.29 is 24.9 Å². The molecule has 2 atom stereocenters. The van der Waals surface area contributed by atoms with Gasteiger partial charge >= 0.3 is 5.97 Å². The van der Waals surface area contributed by atoms with E-state index in [1.165, 1.54) is 6.92 Å². The molecular weight excluding hydrogens is 292 g/mol. The fourth-order valence-corrected chi connectivity index (χ4v) is 2.48. The summed E-state index contributed by atoms with van der Waals surface area (Å²) in [6.07, 6.45) is -1.12. The monoisotopic (exact) mass is 312 g/mol. The number of thioether (sulfide) groups is 1. The van der Waals surface area contributed by atoms with Crippen LogP contribution >= 0.6 is 11.8 Å². The molecule has 0 aliphatic carbocycles. The quantitative estimate of drug-likeness (QED) is 0.677. The zero-order valence-electron chi connectivity index (χ0n) is 11.9. The number of aliphatic carboxylic acids is 1. The number of carbonyl (C=O) groups is 2. The van der Waals surface area contributed by atoms with Gasteiger partial charge in [0.05, 0.1) is 6.10 Å². The van der Waals surface area contributed by atoms with Crippen molar-refractivity contribution in [1.29, 1.82) is 0 Å². The third-order valence-corrected chi connectivity index (χ3v) is 3.88. The third kappa shape index (κ3) is 6.75. The summed E-state index contributed by atoms with van der Waals surface area (Å²) < 4.78 is 0. The van der Waals surface area contributed by atoms with E-state index in [-0.39, 0.29) is 11.5 Å². The highest BCUT2D eigenvalue weighted by molar-refractivity contribution is 8.13. The smallest absolute Gasteiger partial charge is 0.303 e. The van der Waals surface area contributed by atoms with Crippen LogP contribution in [-0.2, 0) is 16.0 Å². The minimum Gasteiger partial charge on any atom is -0.481 e. The van der Waals surface area contributed by atoms with Crippen molar-refractivity contribution in [3.63, 3.8) is 0 Å². The summed E-state index contributed by atoms with van der Waals surface area (Å²) >= 11 is 1.12. The highest BCUT2D eigenvalue weighted by Gasteiger charge is 2.18. The van der Waals surface area contributed by atoms with E-state index in [2.05, 4.69) is 0 Å². The Labute approximate surface area is 128 Å². The maximum absolute atomic E-state index is 10.8. The lowest BCUT2D eigenvalue weighted by atomic mass is 10.00. The van der Waals surface area contributed by atoms with Crippen molar-refractivity contribution >= 4 is 22.8 Å². The molecule has 0 aromatic heterocycles. The van der Waals surface area contributed by atoms with Crippen LogP contribution in [0.2, 0.25) is 0 Å². The maximum atomic E-state index is 10.8. The third-order valence-electron chi connectivity index (χ3n) is 3.03. The second-order valence-electron chi connectivity index (χ2n) is 4.78. The molecule has 1 aromatic carbocycles. The Kier molecular flexibility index (Phi) is 7.42. The maximum Gasteiger partial charge on any atom is 0.303 e. The number of carboxylic acid groups (broad SMARTS) is 1. The fourth-order valence-electron chi connectivity index (χ4n) is 1.84. The second-order valence-corrected chi connectivity index (χ2v) is 6.05. The minimum absolute atomic E-state index is 0.0144. The molecule has 0 radical (unpaired) electrons. The fraction of sp³-hybridized carbons (Fsp3) is 0.467. The normalized spacial score (nSPS) is 13.7. The number of aliphatic hydroxyl groups excluding tert-OH is 2. The van der Waals surface area contributed by atoms with Gasteiger partial charge in [0, 0.05) is 19.1 Å². The second kappa shape index (κ2) is 8.81. The summed E-state index contributed by atoms with van der Waals surface area (Å²) in [6.45, 7) is 1.46. The Morgan fingerprint density at radius 3 is 2.33 bits per heavy atom. The first-order chi connectivity index (χ1) is 9.90. The molecule has 116 valence electrons. The SMILES string of the molecule is CC(=O)SCCC(O)C(O)c1ccc(CCC(=O)O)cc1. The topological polar surface area (TPSA) is 94.8 Å². The molecule has 0 fully saturated rings. The van der Waals surface area contributed by atoms with Crippen LogP contribution in [0.1, 0.15) is 37.0 Å². The molecule has 0 bridgehead atoms. The van der Waals surface area contributed by atoms with Gasteiger partial charge in [0.2, 0.25) is 0 Å². The van der Waals surface area contributed by atoms with Gasteiger partial charge in [-0.3, -0.25) is 9.59 Å². The highest BCUT2D eigenvalue weighted by Crippen LogP contribution is 2.21. The first-order valence-corrected chi connectivity index (χ1v) is 7.69. The van der Waals surface area contributed by atoms with E-state index >= 15 is 0 Å². The number of rotatable bonds is 8. The average molecular weight is 312 g/mol. The molecule has 1 aromatic rings. The summed E-state index contributed by atoms with van der Waals surface area (Å²) in [4.78, 5) is 21.3. The molecule has 1 rings (SSSR count). The zero-order chi connectivity index (χ0) is 15.8. The van der Waals surface area contributed by atoms with Crippen LogP contribution in [0, 0.1) is 0 Å². The number of benzene rings is 1. The van der Waals surface area contributed by atoms with E-state index in [9.17, 15) is 19.8 Å². The molecule has 2 unspecified atom stereocenters. The number of hydrogen-bond acceptors (Lipinski definition) is 5. The van der Waals surface area contributed by atoms with Crippen LogP contribution in [0.4, 0.5) is 0 Å². The lowest BCUT2D eigenvalue weighted by Crippen LogP contribution is -2.19. The molecule has 0 saturated carbocycles. The van der Waals surface area contributed by atoms with Crippen molar-refractivity contribution in [3.8, 4) is 0 Å². The summed E-state index contributed by atoms with van der Waals surface area (Å²) in [5.74, 6) is -0.387. The van der Waals surface area contributed by atoms with Crippen molar-refractivity contribution in [2.24, 2.45) is 0 Å². The average Bonchev–Trinajstić information content (AvgIpc) is 2.44. The van der Waals surface area contributed by atoms with Crippen LogP contribution in [0.15, 0.2) is 24.3 Å². The minimum atomic E-state index is -1.01. The highest BCUT2D eigenvalue weighted by atomic mass is 32.2. The Morgan fingerprint density at radius 1 is 1.19 bits per heavy atom. The van der Waals surface area contributed by atoms with Crippen molar-refractivity contribution in [3.05, 3.63) is 35.4 Å². The molecule has 0 heterocycles. The van der Waals surface area contributed by atoms with Gasteiger partial charge in [-0.2, -0.15) is 0 Å². The Morgan fingerprint density at radius 2 is 1.81 bits per heavy atom. The number of aryl methyl sites for hydroxylation is 1. The number of aliphatic hydroxyl groups is 2. The molecule has 5 nitrogen and oxygen atoms in total. The van der Waals surface area contributed by atoms with E-state index < -0.39 is 18.2 Å². The molecule has 0 aliphatic rings. The number of hydrogen-bond donors (Lipinski definition) is 3. The van der Waals surface area contributed by atoms with Gasteiger partial charge in [-0.15, -0.1) is 0 Å². The molecule has 6 heteroatoms. The van der Waals surface area contributed by atoms with E-state index in [1.54, 1.807) is 24.3 Å². The van der Waals surface area contributed by atoms with Gasteiger partial charge in [0.1, 0.15) is 6.10 Å². The van der Waals surface area contributed by atoms with Gasteiger partial charge in [0.25, 0.3) is 0 Å². The van der Waals surface area contributed by atoms with Crippen molar-refractivity contribution in [2.75, 3.05) is 5.75 Å². The van der Waals surface area contributed by atoms with Crippen molar-refractivity contribution in [2.45, 2.75) is 38.4 Å². The first kappa shape index (κ1) is 17.7. The summed E-state index contributed by atoms with van der Waals surface area (Å²) in [5.41, 5.74) is 1.45. The van der Waals surface area contributed by atoms with E-state index in [1.807, 2.05) is 0 Å². The molecule has 3 N–H and O–H groups in total. The standard InChI is InChI=1S/C15H20O5S/c1-10(16)21-9-8-13(17)15(20)12-5-2-11(3-6-12)4-7-14(18)19/h2-3,5-6,13,15,17,20H,4,7-9H2,1H3,(H,18,19). The van der Waals surface area contributed by atoms with E-state index in [0.29, 0.717) is 24.2 Å². The summed E-state index contributed by atoms with van der Waals surface area (Å²) in [5, 5.41) is 28.5. The molecule has 0 amide bonds. The van der Waals surface area contributed by atoms with Crippen LogP contribution in [-0.4, -0.2) is 38.3 Å². The lowest BCUT2D eigenvalue weighted by Gasteiger charge is -2.18. The van der Waals surface area contributed by atoms with Gasteiger partial charge in [-0.25, -0.2) is 0 Å². The largest absolute Gasteiger partial charge is 0.481 e. The van der Waals surface area contributed by atoms with Crippen LogP contribution < -0.4 is 0 Å². The molecular formula is C15H20O5S. The first-order valence-electron chi connectivity index (χ1n) is 6.70. The summed E-state index contributed by atoms with van der Waals surface area (Å²) in [6, 6.07) is 6.86. The Hall–Kier alpha value is -1.37. The summed E-state index contributed by atoms with van der Waals surface area (Å²) in [7, 11) is 0. The molecule has 21 heavy (non-hydrogen) atoms. The number of carbonyl (C=O) groups excluding carboxylic acids is 1. The van der Waals surface area contributed by atoms with Gasteiger partial charge in [-0.1, -0.05) is 36.0 Å². The Balaban J connectivity index is 2.51. The predicted octanol–water partition coefficient (Wildman–Crippen LogP) is 1.77. The van der Waals surface area contributed by atoms with E-state index in [4.69, 9.17) is 5.11 Å². The molecule has 0 spiro atoms. The predicted molar refractivity (Wildman–Crippen MR) is 81.1 cm³/mol. The Bertz CT molecular complexity index is 471. The zero-order valence-corrected chi connectivity index (χ0v) is 12.7. The molecule has 0 aliphatic heterocycles.